The van der Waals surface area contributed by atoms with E-state index in [-0.39, 0.29) is 18.4 Å². The lowest BCUT2D eigenvalue weighted by Gasteiger charge is -2.32. The molecule has 2 aromatic carbocycles. The minimum Gasteiger partial charge on any atom is -0.465 e. The molecule has 0 aliphatic carbocycles. The van der Waals surface area contributed by atoms with Crippen LogP contribution in [-0.2, 0) is 23.7 Å². The highest BCUT2D eigenvalue weighted by Crippen LogP contribution is 2.42. The van der Waals surface area contributed by atoms with Gasteiger partial charge in [0.1, 0.15) is 17.2 Å². The van der Waals surface area contributed by atoms with Gasteiger partial charge in [-0.2, -0.15) is 0 Å². The van der Waals surface area contributed by atoms with Gasteiger partial charge < -0.3 is 37.9 Å². The van der Waals surface area contributed by atoms with Gasteiger partial charge in [0.25, 0.3) is 0 Å². The van der Waals surface area contributed by atoms with Crippen molar-refractivity contribution in [2.24, 2.45) is 4.99 Å². The summed E-state index contributed by atoms with van der Waals surface area (Å²) >= 11 is 0. The number of Topliss-reactive ketones (excluding diaryl/α,β-unsaturated/α-hetero) is 1. The van der Waals surface area contributed by atoms with Crippen LogP contribution in [0.25, 0.3) is 0 Å². The molecule has 0 radical (unpaired) electrons. The first kappa shape index (κ1) is 30.6. The van der Waals surface area contributed by atoms with E-state index in [4.69, 9.17) is 42.9 Å². The van der Waals surface area contributed by atoms with Gasteiger partial charge in [0.2, 0.25) is 5.78 Å². The summed E-state index contributed by atoms with van der Waals surface area (Å²) in [7, 11) is 0. The number of carbonyl (C=O) groups is 1. The highest BCUT2D eigenvalue weighted by atomic mass is 16.7. The molecule has 0 aromatic heterocycles. The number of fused-ring (bicyclic) bond motifs is 1. The predicted molar refractivity (Wildman–Crippen MR) is 165 cm³/mol. The summed E-state index contributed by atoms with van der Waals surface area (Å²) in [5, 5.41) is 0. The van der Waals surface area contributed by atoms with E-state index in [2.05, 4.69) is 0 Å². The number of ether oxygens (including phenoxy) is 8. The molecule has 242 valence electrons. The maximum atomic E-state index is 14.5. The summed E-state index contributed by atoms with van der Waals surface area (Å²) in [6.07, 6.45) is 8.69. The predicted octanol–water partition coefficient (Wildman–Crippen LogP) is 6.63. The molecule has 4 saturated heterocycles. The molecule has 45 heavy (non-hydrogen) atoms. The first-order chi connectivity index (χ1) is 22.2. The lowest BCUT2D eigenvalue weighted by Crippen LogP contribution is -2.41. The molecule has 4 fully saturated rings. The summed E-state index contributed by atoms with van der Waals surface area (Å²) in [5.74, 6) is 1.39. The number of hydrogen-bond donors (Lipinski definition) is 0. The Morgan fingerprint density at radius 3 is 1.69 bits per heavy atom. The van der Waals surface area contributed by atoms with E-state index in [1.165, 1.54) is 0 Å². The van der Waals surface area contributed by atoms with Crippen molar-refractivity contribution < 1.29 is 42.7 Å². The molecule has 7 rings (SSSR count). The van der Waals surface area contributed by atoms with Crippen LogP contribution < -0.4 is 14.2 Å². The first-order valence-electron chi connectivity index (χ1n) is 16.7. The second-order valence-electron chi connectivity index (χ2n) is 12.3. The number of nitrogens with zero attached hydrogens (tertiary/aromatic N) is 1. The zero-order valence-electron chi connectivity index (χ0n) is 25.8. The van der Waals surface area contributed by atoms with Crippen molar-refractivity contribution in [2.75, 3.05) is 26.4 Å². The Bertz CT molecular complexity index is 1320. The molecule has 5 unspecified atom stereocenters. The molecular weight excluding hydrogens is 578 g/mol. The van der Waals surface area contributed by atoms with Gasteiger partial charge in [0.05, 0.1) is 36.8 Å². The molecule has 2 aromatic rings. The van der Waals surface area contributed by atoms with Crippen molar-refractivity contribution in [3.05, 3.63) is 47.5 Å². The van der Waals surface area contributed by atoms with Crippen LogP contribution in [0.4, 0.5) is 5.69 Å². The number of carbonyl (C=O) groups excluding carboxylic acids is 1. The number of benzene rings is 2. The summed E-state index contributed by atoms with van der Waals surface area (Å²) < 4.78 is 48.5. The highest BCUT2D eigenvalue weighted by Gasteiger charge is 2.39. The average Bonchev–Trinajstić information content (AvgIpc) is 3.08. The van der Waals surface area contributed by atoms with Crippen LogP contribution in [0.3, 0.4) is 0 Å². The van der Waals surface area contributed by atoms with E-state index in [0.717, 1.165) is 76.2 Å². The monoisotopic (exact) mass is 621 g/mol. The van der Waals surface area contributed by atoms with Crippen molar-refractivity contribution in [2.45, 2.75) is 108 Å². The average molecular weight is 622 g/mol. The third-order valence-electron chi connectivity index (χ3n) is 8.81. The van der Waals surface area contributed by atoms with Gasteiger partial charge in [-0.25, -0.2) is 4.99 Å². The Morgan fingerprint density at radius 1 is 0.600 bits per heavy atom. The van der Waals surface area contributed by atoms with E-state index in [0.29, 0.717) is 67.1 Å². The van der Waals surface area contributed by atoms with Crippen LogP contribution in [0.2, 0.25) is 0 Å². The number of aliphatic imine (C=N–C) groups is 1. The van der Waals surface area contributed by atoms with E-state index >= 15 is 0 Å². The molecule has 10 nitrogen and oxygen atoms in total. The minimum absolute atomic E-state index is 0.230. The van der Waals surface area contributed by atoms with Crippen LogP contribution in [0.15, 0.2) is 41.4 Å². The Morgan fingerprint density at radius 2 is 1.13 bits per heavy atom. The van der Waals surface area contributed by atoms with Crippen molar-refractivity contribution in [3.63, 3.8) is 0 Å². The van der Waals surface area contributed by atoms with E-state index in [1.54, 1.807) is 12.1 Å². The smallest absolute Gasteiger partial charge is 0.203 e. The Balaban J connectivity index is 1.24. The molecular formula is C35H43NO9. The van der Waals surface area contributed by atoms with Crippen LogP contribution in [0.5, 0.6) is 17.2 Å². The van der Waals surface area contributed by atoms with Gasteiger partial charge in [0, 0.05) is 38.0 Å². The molecule has 0 spiro atoms. The second kappa shape index (κ2) is 14.6. The summed E-state index contributed by atoms with van der Waals surface area (Å²) in [6.45, 7) is 2.58. The maximum Gasteiger partial charge on any atom is 0.203 e. The molecule has 5 aliphatic rings. The van der Waals surface area contributed by atoms with Gasteiger partial charge in [-0.15, -0.1) is 0 Å². The van der Waals surface area contributed by atoms with Gasteiger partial charge in [-0.05, 0) is 87.6 Å². The first-order valence-corrected chi connectivity index (χ1v) is 16.7. The third-order valence-corrected chi connectivity index (χ3v) is 8.81. The highest BCUT2D eigenvalue weighted by molar-refractivity contribution is 6.26. The maximum absolute atomic E-state index is 14.5. The molecule has 0 bridgehead atoms. The SMILES string of the molecule is O=C1c2c(cc(OC3CCCCO3)cc2OC2CCCCO2)N=C(c2ccc(OC3CCCCO3)cc2)C1OC1CCCCO1. The fourth-order valence-corrected chi connectivity index (χ4v) is 6.39. The lowest BCUT2D eigenvalue weighted by atomic mass is 9.92. The van der Waals surface area contributed by atoms with Crippen LogP contribution in [0, 0.1) is 0 Å². The van der Waals surface area contributed by atoms with Crippen LogP contribution in [-0.4, -0.2) is 69.2 Å². The Kier molecular flexibility index (Phi) is 9.94. The minimum atomic E-state index is -0.975. The van der Waals surface area contributed by atoms with Crippen molar-refractivity contribution in [3.8, 4) is 17.2 Å². The summed E-state index contributed by atoms with van der Waals surface area (Å²) in [5.41, 5.74) is 2.09. The summed E-state index contributed by atoms with van der Waals surface area (Å²) in [4.78, 5) is 19.6. The van der Waals surface area contributed by atoms with Gasteiger partial charge in [-0.3, -0.25) is 4.79 Å². The topological polar surface area (TPSA) is 103 Å². The molecule has 5 atom stereocenters. The number of ketones is 1. The molecule has 5 heterocycles. The van der Waals surface area contributed by atoms with Crippen molar-refractivity contribution in [1.29, 1.82) is 0 Å². The largest absolute Gasteiger partial charge is 0.465 e. The van der Waals surface area contributed by atoms with Crippen LogP contribution in [0.1, 0.15) is 93.0 Å². The van der Waals surface area contributed by atoms with Crippen LogP contribution >= 0.6 is 0 Å². The zero-order valence-corrected chi connectivity index (χ0v) is 25.8. The Labute approximate surface area is 264 Å². The molecule has 0 amide bonds. The number of hydrogen-bond acceptors (Lipinski definition) is 10. The fourth-order valence-electron chi connectivity index (χ4n) is 6.39. The van der Waals surface area contributed by atoms with E-state index in [9.17, 15) is 4.79 Å². The normalized spacial score (nSPS) is 28.9. The standard InChI is InChI=1S/C35H43NO9/c37-34-32-26(21-25(43-29-10-2-6-18-39-29)22-27(32)44-30-11-3-7-19-40-30)36-33(35(34)45-31-12-4-8-20-41-31)23-13-15-24(16-14-23)42-28-9-1-5-17-38-28/h13-16,21-22,28-31,35H,1-12,17-20H2. The fraction of sp³-hybridized carbons (Fsp3) is 0.600. The van der Waals surface area contributed by atoms with Gasteiger partial charge >= 0.3 is 0 Å². The zero-order chi connectivity index (χ0) is 30.4. The second-order valence-corrected chi connectivity index (χ2v) is 12.3. The molecule has 0 N–H and O–H groups in total. The number of rotatable bonds is 9. The lowest BCUT2D eigenvalue weighted by molar-refractivity contribution is -0.166. The quantitative estimate of drug-likeness (QED) is 0.305. The molecule has 5 aliphatic heterocycles. The van der Waals surface area contributed by atoms with E-state index < -0.39 is 18.7 Å². The molecule has 10 heteroatoms. The third kappa shape index (κ3) is 7.52. The summed E-state index contributed by atoms with van der Waals surface area (Å²) in [6, 6.07) is 11.2. The van der Waals surface area contributed by atoms with Crippen molar-refractivity contribution in [1.82, 2.24) is 0 Å². The van der Waals surface area contributed by atoms with Gasteiger partial charge in [-0.1, -0.05) is 0 Å². The molecule has 0 saturated carbocycles. The van der Waals surface area contributed by atoms with E-state index in [1.807, 2.05) is 24.3 Å². The Hall–Kier alpha value is -3.02. The van der Waals surface area contributed by atoms with Gasteiger partial charge in [0.15, 0.2) is 31.3 Å². The van der Waals surface area contributed by atoms with Crippen molar-refractivity contribution >= 4 is 17.2 Å².